The van der Waals surface area contributed by atoms with E-state index >= 15 is 0 Å². The smallest absolute Gasteiger partial charge is 0.0576 e. The molecule has 0 saturated carbocycles. The fourth-order valence-electron chi connectivity index (χ4n) is 1.72. The number of hydrogen-bond acceptors (Lipinski definition) is 2. The van der Waals surface area contributed by atoms with Crippen molar-refractivity contribution in [3.05, 3.63) is 0 Å². The largest absolute Gasteiger partial charge is 0.378 e. The molecule has 1 rings (SSSR count). The molecule has 0 aromatic heterocycles. The molecule has 11 heavy (non-hydrogen) atoms. The predicted octanol–water partition coefficient (Wildman–Crippen LogP) is 1.54. The SMILES string of the molecule is CC1OCCC1CC(C)(C)N. The molecular formula is C9H19NO. The molecule has 2 N–H and O–H groups in total. The average Bonchev–Trinajstić information content (AvgIpc) is 2.12. The van der Waals surface area contributed by atoms with Gasteiger partial charge in [-0.05, 0) is 39.5 Å². The van der Waals surface area contributed by atoms with Crippen molar-refractivity contribution in [2.75, 3.05) is 6.61 Å². The van der Waals surface area contributed by atoms with E-state index in [-0.39, 0.29) is 5.54 Å². The van der Waals surface area contributed by atoms with Crippen LogP contribution >= 0.6 is 0 Å². The summed E-state index contributed by atoms with van der Waals surface area (Å²) in [5, 5.41) is 0. The molecule has 0 aromatic carbocycles. The molecule has 2 heteroatoms. The Morgan fingerprint density at radius 3 is 2.55 bits per heavy atom. The third-order valence-corrected chi connectivity index (χ3v) is 2.32. The Bertz CT molecular complexity index is 128. The van der Waals surface area contributed by atoms with Crippen LogP contribution in [-0.2, 0) is 4.74 Å². The second-order valence-corrected chi connectivity index (χ2v) is 4.32. The lowest BCUT2D eigenvalue weighted by atomic mass is 9.88. The summed E-state index contributed by atoms with van der Waals surface area (Å²) in [5.74, 6) is 0.676. The van der Waals surface area contributed by atoms with E-state index in [9.17, 15) is 0 Å². The number of rotatable bonds is 2. The van der Waals surface area contributed by atoms with Crippen LogP contribution in [0.25, 0.3) is 0 Å². The number of nitrogens with two attached hydrogens (primary N) is 1. The van der Waals surface area contributed by atoms with E-state index in [4.69, 9.17) is 10.5 Å². The highest BCUT2D eigenvalue weighted by molar-refractivity contribution is 4.82. The summed E-state index contributed by atoms with van der Waals surface area (Å²) in [6, 6.07) is 0. The molecule has 1 saturated heterocycles. The summed E-state index contributed by atoms with van der Waals surface area (Å²) in [7, 11) is 0. The van der Waals surface area contributed by atoms with Crippen LogP contribution in [0.3, 0.4) is 0 Å². The molecule has 2 unspecified atom stereocenters. The van der Waals surface area contributed by atoms with Crippen LogP contribution in [0.4, 0.5) is 0 Å². The minimum Gasteiger partial charge on any atom is -0.378 e. The van der Waals surface area contributed by atoms with Gasteiger partial charge in [-0.3, -0.25) is 0 Å². The summed E-state index contributed by atoms with van der Waals surface area (Å²) >= 11 is 0. The maximum atomic E-state index is 5.92. The zero-order valence-corrected chi connectivity index (χ0v) is 7.76. The van der Waals surface area contributed by atoms with Gasteiger partial charge in [0.05, 0.1) is 6.10 Å². The van der Waals surface area contributed by atoms with Gasteiger partial charge in [0.2, 0.25) is 0 Å². The van der Waals surface area contributed by atoms with E-state index in [1.807, 2.05) is 0 Å². The van der Waals surface area contributed by atoms with Crippen LogP contribution in [0.1, 0.15) is 33.6 Å². The van der Waals surface area contributed by atoms with Gasteiger partial charge < -0.3 is 10.5 Å². The molecule has 0 amide bonds. The van der Waals surface area contributed by atoms with Gasteiger partial charge in [0, 0.05) is 12.1 Å². The van der Waals surface area contributed by atoms with Crippen LogP contribution in [-0.4, -0.2) is 18.2 Å². The zero-order chi connectivity index (χ0) is 8.48. The first kappa shape index (κ1) is 9.01. The summed E-state index contributed by atoms with van der Waals surface area (Å²) in [6.45, 7) is 7.22. The van der Waals surface area contributed by atoms with Crippen LogP contribution in [0.5, 0.6) is 0 Å². The number of hydrogen-bond donors (Lipinski definition) is 1. The van der Waals surface area contributed by atoms with Crippen molar-refractivity contribution in [1.82, 2.24) is 0 Å². The molecule has 1 aliphatic heterocycles. The normalized spacial score (nSPS) is 32.7. The standard InChI is InChI=1S/C9H19NO/c1-7-8(4-5-11-7)6-9(2,3)10/h7-8H,4-6,10H2,1-3H3. The molecule has 1 fully saturated rings. The molecule has 1 heterocycles. The summed E-state index contributed by atoms with van der Waals surface area (Å²) in [5.41, 5.74) is 5.89. The molecule has 1 aliphatic rings. The molecule has 0 aromatic rings. The molecule has 0 radical (unpaired) electrons. The average molecular weight is 157 g/mol. The van der Waals surface area contributed by atoms with E-state index < -0.39 is 0 Å². The summed E-state index contributed by atoms with van der Waals surface area (Å²) in [6.07, 6.45) is 2.67. The maximum absolute atomic E-state index is 5.92. The molecule has 0 bridgehead atoms. The van der Waals surface area contributed by atoms with Crippen molar-refractivity contribution in [1.29, 1.82) is 0 Å². The summed E-state index contributed by atoms with van der Waals surface area (Å²) < 4.78 is 5.46. The molecule has 2 nitrogen and oxygen atoms in total. The van der Waals surface area contributed by atoms with Crippen molar-refractivity contribution < 1.29 is 4.74 Å². The predicted molar refractivity (Wildman–Crippen MR) is 46.4 cm³/mol. The second kappa shape index (κ2) is 3.11. The van der Waals surface area contributed by atoms with Gasteiger partial charge in [0.15, 0.2) is 0 Å². The van der Waals surface area contributed by atoms with E-state index in [1.54, 1.807) is 0 Å². The van der Waals surface area contributed by atoms with Gasteiger partial charge in [0.25, 0.3) is 0 Å². The van der Waals surface area contributed by atoms with E-state index in [2.05, 4.69) is 20.8 Å². The topological polar surface area (TPSA) is 35.2 Å². The molecular weight excluding hydrogens is 138 g/mol. The first-order valence-electron chi connectivity index (χ1n) is 4.39. The minimum absolute atomic E-state index is 0.0351. The fraction of sp³-hybridized carbons (Fsp3) is 1.00. The highest BCUT2D eigenvalue weighted by Crippen LogP contribution is 2.27. The van der Waals surface area contributed by atoms with E-state index in [1.165, 1.54) is 6.42 Å². The van der Waals surface area contributed by atoms with Crippen molar-refractivity contribution in [2.24, 2.45) is 11.7 Å². The van der Waals surface area contributed by atoms with Gasteiger partial charge >= 0.3 is 0 Å². The number of ether oxygens (including phenoxy) is 1. The Hall–Kier alpha value is -0.0800. The zero-order valence-electron chi connectivity index (χ0n) is 7.76. The van der Waals surface area contributed by atoms with Gasteiger partial charge in [-0.15, -0.1) is 0 Å². The quantitative estimate of drug-likeness (QED) is 0.660. The van der Waals surface area contributed by atoms with Crippen molar-refractivity contribution in [3.8, 4) is 0 Å². The van der Waals surface area contributed by atoms with Crippen LogP contribution in [0.2, 0.25) is 0 Å². The van der Waals surface area contributed by atoms with Crippen LogP contribution < -0.4 is 5.73 Å². The third kappa shape index (κ3) is 2.80. The van der Waals surface area contributed by atoms with Crippen LogP contribution in [0, 0.1) is 5.92 Å². The third-order valence-electron chi connectivity index (χ3n) is 2.32. The van der Waals surface area contributed by atoms with Crippen molar-refractivity contribution in [3.63, 3.8) is 0 Å². The molecule has 2 atom stereocenters. The monoisotopic (exact) mass is 157 g/mol. The van der Waals surface area contributed by atoms with Gasteiger partial charge in [-0.2, -0.15) is 0 Å². The summed E-state index contributed by atoms with van der Waals surface area (Å²) in [4.78, 5) is 0. The Balaban J connectivity index is 2.37. The Morgan fingerprint density at radius 2 is 2.18 bits per heavy atom. The van der Waals surface area contributed by atoms with Gasteiger partial charge in [-0.1, -0.05) is 0 Å². The fourth-order valence-corrected chi connectivity index (χ4v) is 1.72. The lowest BCUT2D eigenvalue weighted by Crippen LogP contribution is -2.35. The lowest BCUT2D eigenvalue weighted by molar-refractivity contribution is 0.0988. The minimum atomic E-state index is -0.0351. The lowest BCUT2D eigenvalue weighted by Gasteiger charge is -2.24. The van der Waals surface area contributed by atoms with E-state index in [0.717, 1.165) is 13.0 Å². The first-order valence-corrected chi connectivity index (χ1v) is 4.39. The Labute approximate surface area is 69.1 Å². The maximum Gasteiger partial charge on any atom is 0.0576 e. The first-order chi connectivity index (χ1) is 4.99. The second-order valence-electron chi connectivity index (χ2n) is 4.32. The Morgan fingerprint density at radius 1 is 1.55 bits per heavy atom. The van der Waals surface area contributed by atoms with E-state index in [0.29, 0.717) is 12.0 Å². The van der Waals surface area contributed by atoms with Gasteiger partial charge in [0.1, 0.15) is 0 Å². The molecule has 66 valence electrons. The molecule has 0 aliphatic carbocycles. The van der Waals surface area contributed by atoms with Crippen molar-refractivity contribution in [2.45, 2.75) is 45.3 Å². The highest BCUT2D eigenvalue weighted by atomic mass is 16.5. The highest BCUT2D eigenvalue weighted by Gasteiger charge is 2.28. The van der Waals surface area contributed by atoms with Crippen molar-refractivity contribution >= 4 is 0 Å². The van der Waals surface area contributed by atoms with Crippen LogP contribution in [0.15, 0.2) is 0 Å². The van der Waals surface area contributed by atoms with Gasteiger partial charge in [-0.25, -0.2) is 0 Å². The molecule has 0 spiro atoms. The Kier molecular flexibility index (Phi) is 2.55.